The summed E-state index contributed by atoms with van der Waals surface area (Å²) in [6.07, 6.45) is 0. The Hall–Kier alpha value is -5.06. The first kappa shape index (κ1) is 36.4. The van der Waals surface area contributed by atoms with E-state index in [4.69, 9.17) is 24.1 Å². The van der Waals surface area contributed by atoms with E-state index in [1.807, 2.05) is 76.2 Å². The van der Waals surface area contributed by atoms with Gasteiger partial charge in [0.1, 0.15) is 40.7 Å². The van der Waals surface area contributed by atoms with E-state index in [-0.39, 0.29) is 29.4 Å². The summed E-state index contributed by atoms with van der Waals surface area (Å²) >= 11 is 0. The number of phenols is 2. The molecule has 0 aromatic heterocycles. The summed E-state index contributed by atoms with van der Waals surface area (Å²) in [5.74, 6) is -1.31. The summed E-state index contributed by atoms with van der Waals surface area (Å²) in [5.41, 5.74) is 2.60. The smallest absolute Gasteiger partial charge is 0.339 e. The predicted octanol–water partition coefficient (Wildman–Crippen LogP) is 6.84. The summed E-state index contributed by atoms with van der Waals surface area (Å²) in [7, 11) is 3.18. The molecule has 0 amide bonds. The molecule has 0 radical (unpaired) electrons. The maximum absolute atomic E-state index is 11.2. The minimum Gasteiger partial charge on any atom is -0.507 e. The van der Waals surface area contributed by atoms with E-state index in [1.165, 1.54) is 24.3 Å². The van der Waals surface area contributed by atoms with Gasteiger partial charge in [0.2, 0.25) is 0 Å². The van der Waals surface area contributed by atoms with E-state index in [0.29, 0.717) is 19.0 Å². The van der Waals surface area contributed by atoms with Crippen molar-refractivity contribution in [2.24, 2.45) is 0 Å². The van der Waals surface area contributed by atoms with Gasteiger partial charge in [-0.15, -0.1) is 0 Å². The van der Waals surface area contributed by atoms with E-state index < -0.39 is 22.8 Å². The predicted molar refractivity (Wildman–Crippen MR) is 177 cm³/mol. The number of carboxylic acids is 2. The maximum Gasteiger partial charge on any atom is 0.339 e. The largest absolute Gasteiger partial charge is 0.507 e. The Kier molecular flexibility index (Phi) is 12.4. The number of aromatic carboxylic acids is 2. The van der Waals surface area contributed by atoms with Gasteiger partial charge in [-0.3, -0.25) is 0 Å². The van der Waals surface area contributed by atoms with Crippen molar-refractivity contribution in [2.75, 3.05) is 34.2 Å². The molecule has 250 valence electrons. The number of rotatable bonds is 13. The van der Waals surface area contributed by atoms with Crippen molar-refractivity contribution in [1.82, 2.24) is 0 Å². The number of carbonyl (C=O) groups is 2. The average molecular weight is 647 g/mol. The van der Waals surface area contributed by atoms with Gasteiger partial charge < -0.3 is 39.4 Å². The topological polar surface area (TPSA) is 152 Å². The fraction of sp³-hybridized carbons (Fsp3) is 0.297. The maximum atomic E-state index is 11.2. The lowest BCUT2D eigenvalue weighted by molar-refractivity contribution is 0.0511. The molecule has 0 spiro atoms. The Balaban J connectivity index is 0.000000256. The molecule has 0 bridgehead atoms. The third kappa shape index (κ3) is 9.25. The Morgan fingerprint density at radius 1 is 0.553 bits per heavy atom. The fourth-order valence-electron chi connectivity index (χ4n) is 4.83. The van der Waals surface area contributed by atoms with Crippen LogP contribution < -0.4 is 9.47 Å². The molecule has 4 aromatic carbocycles. The van der Waals surface area contributed by atoms with Crippen molar-refractivity contribution in [3.63, 3.8) is 0 Å². The Morgan fingerprint density at radius 2 is 0.936 bits per heavy atom. The zero-order chi connectivity index (χ0) is 34.8. The molecule has 4 N–H and O–H groups in total. The van der Waals surface area contributed by atoms with E-state index in [9.17, 15) is 24.9 Å². The second-order valence-electron chi connectivity index (χ2n) is 11.8. The summed E-state index contributed by atoms with van der Waals surface area (Å²) in [5, 5.41) is 37.7. The van der Waals surface area contributed by atoms with Crippen molar-refractivity contribution in [3.05, 3.63) is 118 Å². The average Bonchev–Trinajstić information content (AvgIpc) is 3.04. The highest BCUT2D eigenvalue weighted by atomic mass is 16.7. The molecule has 0 unspecified atom stereocenters. The minimum atomic E-state index is -1.15. The van der Waals surface area contributed by atoms with Crippen LogP contribution in [-0.4, -0.2) is 66.6 Å². The van der Waals surface area contributed by atoms with Crippen molar-refractivity contribution in [2.45, 2.75) is 38.5 Å². The van der Waals surface area contributed by atoms with Crippen LogP contribution in [-0.2, 0) is 20.3 Å². The summed E-state index contributed by atoms with van der Waals surface area (Å²) in [4.78, 5) is 22.4. The van der Waals surface area contributed by atoms with Gasteiger partial charge in [0, 0.05) is 25.0 Å². The van der Waals surface area contributed by atoms with E-state index in [1.54, 1.807) is 26.4 Å². The van der Waals surface area contributed by atoms with Crippen molar-refractivity contribution < 1.29 is 49.0 Å². The van der Waals surface area contributed by atoms with Gasteiger partial charge in [-0.25, -0.2) is 9.59 Å². The fourth-order valence-corrected chi connectivity index (χ4v) is 4.83. The lowest BCUT2D eigenvalue weighted by Gasteiger charge is -2.26. The SMILES string of the molecule is COCCOc1ccc(C(C)(C)c2ccc(O)c(C(=O)O)c2)cc1.COCOc1ccc(C(C)(C)c2ccc(O)c(C(=O)O)c2)cc1. The molecule has 0 atom stereocenters. The molecular weight excluding hydrogens is 604 g/mol. The van der Waals surface area contributed by atoms with Gasteiger partial charge in [0.15, 0.2) is 6.79 Å². The van der Waals surface area contributed by atoms with Crippen LogP contribution in [0.5, 0.6) is 23.0 Å². The number of hydrogen-bond donors (Lipinski definition) is 4. The van der Waals surface area contributed by atoms with Crippen molar-refractivity contribution in [1.29, 1.82) is 0 Å². The number of hydrogen-bond acceptors (Lipinski definition) is 8. The van der Waals surface area contributed by atoms with Gasteiger partial charge in [0.05, 0.1) is 6.61 Å². The summed E-state index contributed by atoms with van der Waals surface area (Å²) < 4.78 is 20.7. The van der Waals surface area contributed by atoms with Gasteiger partial charge in [0.25, 0.3) is 0 Å². The molecule has 10 nitrogen and oxygen atoms in total. The molecule has 0 saturated heterocycles. The first-order chi connectivity index (χ1) is 22.2. The molecule has 0 heterocycles. The lowest BCUT2D eigenvalue weighted by atomic mass is 9.77. The molecule has 10 heteroatoms. The van der Waals surface area contributed by atoms with Crippen LogP contribution in [0.1, 0.15) is 70.7 Å². The number of carboxylic acid groups (broad SMARTS) is 2. The first-order valence-electron chi connectivity index (χ1n) is 14.8. The standard InChI is InChI=1S/C19H22O5.C18H20O5/c1-19(2,14-6-9-17(20)16(12-14)18(21)22)13-4-7-15(8-5-13)24-11-10-23-3;1-18(2,12-4-7-14(8-5-12)23-11-22-3)13-6-9-16(19)15(10-13)17(20)21/h4-9,12,20H,10-11H2,1-3H3,(H,21,22);4-10,19H,11H2,1-3H3,(H,20,21). The molecule has 0 saturated carbocycles. The van der Waals surface area contributed by atoms with E-state index in [2.05, 4.69) is 0 Å². The molecular formula is C37H42O10. The van der Waals surface area contributed by atoms with Crippen molar-refractivity contribution in [3.8, 4) is 23.0 Å². The highest BCUT2D eigenvalue weighted by Crippen LogP contribution is 2.36. The van der Waals surface area contributed by atoms with Crippen LogP contribution in [0.4, 0.5) is 0 Å². The number of benzene rings is 4. The third-order valence-electron chi connectivity index (χ3n) is 7.95. The Bertz CT molecular complexity index is 1640. The number of methoxy groups -OCH3 is 2. The van der Waals surface area contributed by atoms with Crippen LogP contribution in [0.15, 0.2) is 84.9 Å². The van der Waals surface area contributed by atoms with Gasteiger partial charge in [-0.1, -0.05) is 64.1 Å². The van der Waals surface area contributed by atoms with E-state index >= 15 is 0 Å². The van der Waals surface area contributed by atoms with Gasteiger partial charge in [-0.05, 0) is 70.8 Å². The number of ether oxygens (including phenoxy) is 4. The second kappa shape index (κ2) is 16.0. The van der Waals surface area contributed by atoms with Gasteiger partial charge in [-0.2, -0.15) is 0 Å². The third-order valence-corrected chi connectivity index (χ3v) is 7.95. The Labute approximate surface area is 274 Å². The molecule has 0 aliphatic rings. The van der Waals surface area contributed by atoms with Crippen molar-refractivity contribution >= 4 is 11.9 Å². The highest BCUT2D eigenvalue weighted by molar-refractivity contribution is 5.91. The highest BCUT2D eigenvalue weighted by Gasteiger charge is 2.26. The minimum absolute atomic E-state index is 0.0971. The summed E-state index contributed by atoms with van der Waals surface area (Å²) in [6.45, 7) is 9.20. The molecule has 4 rings (SSSR count). The summed E-state index contributed by atoms with van der Waals surface area (Å²) in [6, 6.07) is 24.5. The monoisotopic (exact) mass is 646 g/mol. The number of aromatic hydroxyl groups is 2. The second-order valence-corrected chi connectivity index (χ2v) is 11.8. The molecule has 0 aliphatic heterocycles. The van der Waals surface area contributed by atoms with Crippen LogP contribution in [0, 0.1) is 0 Å². The normalized spacial score (nSPS) is 11.3. The zero-order valence-electron chi connectivity index (χ0n) is 27.4. The van der Waals surface area contributed by atoms with Crippen LogP contribution in [0.3, 0.4) is 0 Å². The zero-order valence-corrected chi connectivity index (χ0v) is 27.4. The van der Waals surface area contributed by atoms with Crippen LogP contribution in [0.2, 0.25) is 0 Å². The van der Waals surface area contributed by atoms with Crippen LogP contribution >= 0.6 is 0 Å². The lowest BCUT2D eigenvalue weighted by Crippen LogP contribution is -2.19. The molecule has 4 aromatic rings. The van der Waals surface area contributed by atoms with Crippen LogP contribution in [0.25, 0.3) is 0 Å². The first-order valence-corrected chi connectivity index (χ1v) is 14.8. The molecule has 0 fully saturated rings. The quantitative estimate of drug-likeness (QED) is 0.0897. The molecule has 0 aliphatic carbocycles. The Morgan fingerprint density at radius 3 is 1.30 bits per heavy atom. The van der Waals surface area contributed by atoms with E-state index in [0.717, 1.165) is 28.0 Å². The molecule has 47 heavy (non-hydrogen) atoms. The van der Waals surface area contributed by atoms with Gasteiger partial charge >= 0.3 is 11.9 Å².